The van der Waals surface area contributed by atoms with Gasteiger partial charge in [-0.2, -0.15) is 0 Å². The van der Waals surface area contributed by atoms with Crippen molar-refractivity contribution >= 4 is 59.3 Å². The first-order valence-electron chi connectivity index (χ1n) is 14.6. The Kier molecular flexibility index (Phi) is 13.0. The van der Waals surface area contributed by atoms with E-state index in [-0.39, 0.29) is 12.4 Å². The van der Waals surface area contributed by atoms with Crippen LogP contribution >= 0.6 is 35.1 Å². The Balaban J connectivity index is 0.000000730. The van der Waals surface area contributed by atoms with Crippen molar-refractivity contribution in [3.05, 3.63) is 33.9 Å². The van der Waals surface area contributed by atoms with Crippen LogP contribution in [-0.2, 0) is 16.1 Å². The summed E-state index contributed by atoms with van der Waals surface area (Å²) >= 11 is 14.2. The van der Waals surface area contributed by atoms with Gasteiger partial charge in [0.1, 0.15) is 17.0 Å². The summed E-state index contributed by atoms with van der Waals surface area (Å²) < 4.78 is 5.48. The molecule has 4 rings (SSSR count). The van der Waals surface area contributed by atoms with Gasteiger partial charge in [-0.1, -0.05) is 73.5 Å². The molecule has 2 aromatic rings. The minimum Gasteiger partial charge on any atom is -0.444 e. The molecule has 12 heteroatoms. The number of anilines is 2. The zero-order chi connectivity index (χ0) is 30.8. The van der Waals surface area contributed by atoms with E-state index in [0.29, 0.717) is 44.6 Å². The predicted molar refractivity (Wildman–Crippen MR) is 174 cm³/mol. The number of ether oxygens (including phenoxy) is 1. The average Bonchev–Trinajstić information content (AvgIpc) is 3.40. The molecule has 1 aliphatic heterocycles. The predicted octanol–water partition coefficient (Wildman–Crippen LogP) is 7.60. The largest absolute Gasteiger partial charge is 0.444 e. The van der Waals surface area contributed by atoms with Crippen LogP contribution in [-0.4, -0.2) is 46.9 Å². The van der Waals surface area contributed by atoms with Crippen LogP contribution in [0.25, 0.3) is 11.3 Å². The Labute approximate surface area is 264 Å². The van der Waals surface area contributed by atoms with E-state index in [0.717, 1.165) is 31.7 Å². The zero-order valence-corrected chi connectivity index (χ0v) is 27.4. The summed E-state index contributed by atoms with van der Waals surface area (Å²) in [7, 11) is 0. The fraction of sp³-hybridized carbons (Fsp3) is 0.600. The van der Waals surface area contributed by atoms with Crippen molar-refractivity contribution in [2.75, 3.05) is 29.1 Å². The molecule has 1 aromatic carbocycles. The SMILES string of the molecule is CC(C)(C)OC(=O)Nc1nc(N2CCC3(CCCC3)CC2)c(CNC=O)nc1-c1cccc(Cl)c1Cl.CCCCSN. The van der Waals surface area contributed by atoms with Gasteiger partial charge in [-0.25, -0.2) is 14.8 Å². The van der Waals surface area contributed by atoms with Crippen molar-refractivity contribution < 1.29 is 14.3 Å². The lowest BCUT2D eigenvalue weighted by Gasteiger charge is -2.40. The highest BCUT2D eigenvalue weighted by molar-refractivity contribution is 7.97. The molecule has 2 amide bonds. The van der Waals surface area contributed by atoms with Crippen LogP contribution < -0.4 is 20.7 Å². The summed E-state index contributed by atoms with van der Waals surface area (Å²) in [5.74, 6) is 1.96. The van der Waals surface area contributed by atoms with Gasteiger partial charge in [-0.15, -0.1) is 0 Å². The van der Waals surface area contributed by atoms with Gasteiger partial charge in [-0.05, 0) is 64.4 Å². The van der Waals surface area contributed by atoms with Crippen LogP contribution in [0.15, 0.2) is 18.2 Å². The van der Waals surface area contributed by atoms with Crippen LogP contribution in [0.4, 0.5) is 16.4 Å². The van der Waals surface area contributed by atoms with Crippen LogP contribution in [0.2, 0.25) is 10.0 Å². The lowest BCUT2D eigenvalue weighted by molar-refractivity contribution is -0.109. The second kappa shape index (κ2) is 16.0. The Hall–Kier alpha value is -2.27. The smallest absolute Gasteiger partial charge is 0.413 e. The molecule has 42 heavy (non-hydrogen) atoms. The zero-order valence-electron chi connectivity index (χ0n) is 25.1. The second-order valence-electron chi connectivity index (χ2n) is 11.8. The van der Waals surface area contributed by atoms with Gasteiger partial charge in [-0.3, -0.25) is 15.3 Å². The van der Waals surface area contributed by atoms with Gasteiger partial charge in [0.25, 0.3) is 0 Å². The van der Waals surface area contributed by atoms with E-state index in [4.69, 9.17) is 43.0 Å². The highest BCUT2D eigenvalue weighted by Gasteiger charge is 2.38. The Morgan fingerprint density at radius 2 is 1.86 bits per heavy atom. The number of hydrogen-bond donors (Lipinski definition) is 3. The normalized spacial score (nSPS) is 16.0. The highest BCUT2D eigenvalue weighted by atomic mass is 35.5. The number of amides is 2. The van der Waals surface area contributed by atoms with Crippen molar-refractivity contribution in [2.24, 2.45) is 10.6 Å². The molecule has 9 nitrogen and oxygen atoms in total. The van der Waals surface area contributed by atoms with Crippen LogP contribution in [0.3, 0.4) is 0 Å². The number of rotatable bonds is 9. The Bertz CT molecular complexity index is 1190. The molecule has 232 valence electrons. The fourth-order valence-corrected chi connectivity index (χ4v) is 6.22. The molecule has 1 saturated heterocycles. The molecular formula is C30H44Cl2N6O3S. The van der Waals surface area contributed by atoms with Crippen molar-refractivity contribution in [1.29, 1.82) is 0 Å². The van der Waals surface area contributed by atoms with E-state index in [1.807, 2.05) is 0 Å². The minimum atomic E-state index is -0.690. The van der Waals surface area contributed by atoms with Gasteiger partial charge in [0.15, 0.2) is 11.6 Å². The van der Waals surface area contributed by atoms with Gasteiger partial charge in [0.05, 0.1) is 16.6 Å². The minimum absolute atomic E-state index is 0.186. The number of nitrogens with zero attached hydrogens (tertiary/aromatic N) is 3. The Morgan fingerprint density at radius 1 is 1.17 bits per heavy atom. The average molecular weight is 640 g/mol. The van der Waals surface area contributed by atoms with Gasteiger partial charge >= 0.3 is 6.09 Å². The number of aromatic nitrogens is 2. The summed E-state index contributed by atoms with van der Waals surface area (Å²) in [4.78, 5) is 35.8. The number of nitrogens with two attached hydrogens (primary N) is 1. The maximum atomic E-state index is 12.7. The summed E-state index contributed by atoms with van der Waals surface area (Å²) in [6, 6.07) is 5.20. The maximum Gasteiger partial charge on any atom is 0.413 e. The van der Waals surface area contributed by atoms with E-state index >= 15 is 0 Å². The van der Waals surface area contributed by atoms with Gasteiger partial charge in [0.2, 0.25) is 6.41 Å². The molecule has 2 aliphatic rings. The third kappa shape index (κ3) is 9.62. The van der Waals surface area contributed by atoms with Crippen molar-refractivity contribution in [3.8, 4) is 11.3 Å². The first-order valence-corrected chi connectivity index (χ1v) is 16.4. The number of carbonyl (C=O) groups is 2. The first kappa shape index (κ1) is 34.2. The molecule has 0 radical (unpaired) electrons. The molecule has 0 atom stereocenters. The number of unbranched alkanes of at least 4 members (excludes halogenated alkanes) is 1. The third-order valence-corrected chi connectivity index (χ3v) is 8.87. The number of halogens is 2. The molecule has 0 bridgehead atoms. The molecule has 2 heterocycles. The topological polar surface area (TPSA) is 122 Å². The third-order valence-electron chi connectivity index (χ3n) is 7.53. The first-order chi connectivity index (χ1) is 20.0. The quantitative estimate of drug-likeness (QED) is 0.146. The van der Waals surface area contributed by atoms with Gasteiger partial charge < -0.3 is 15.0 Å². The fourth-order valence-electron chi connectivity index (χ4n) is 5.38. The van der Waals surface area contributed by atoms with Crippen molar-refractivity contribution in [3.63, 3.8) is 0 Å². The van der Waals surface area contributed by atoms with E-state index in [9.17, 15) is 9.59 Å². The number of piperidine rings is 1. The maximum absolute atomic E-state index is 12.7. The molecule has 1 aliphatic carbocycles. The summed E-state index contributed by atoms with van der Waals surface area (Å²) in [6.45, 7) is 9.40. The highest BCUT2D eigenvalue weighted by Crippen LogP contribution is 2.47. The molecule has 1 aromatic heterocycles. The number of nitrogens with one attached hydrogen (secondary N) is 2. The van der Waals surface area contributed by atoms with E-state index < -0.39 is 11.7 Å². The molecule has 4 N–H and O–H groups in total. The lowest BCUT2D eigenvalue weighted by Crippen LogP contribution is -2.40. The number of hydrogen-bond acceptors (Lipinski definition) is 8. The van der Waals surface area contributed by atoms with E-state index in [1.165, 1.54) is 50.5 Å². The molecule has 1 saturated carbocycles. The van der Waals surface area contributed by atoms with Crippen LogP contribution in [0.5, 0.6) is 0 Å². The summed E-state index contributed by atoms with van der Waals surface area (Å²) in [5, 5.41) is 11.3. The standard InChI is InChI=1S/C26H33Cl2N5O3.C4H11NS/c1-25(2,3)36-24(35)32-22-21(17-7-6-8-18(27)20(17)28)30-19(15-29-16-34)23(31-22)33-13-11-26(12-14-33)9-4-5-10-26;1-2-3-4-6-5/h6-8,16H,4-5,9-15H2,1-3H3,(H,29,34)(H,31,32,35);2-5H2,1H3. The molecule has 2 fully saturated rings. The summed E-state index contributed by atoms with van der Waals surface area (Å²) in [6.07, 6.45) is 9.83. The second-order valence-corrected chi connectivity index (χ2v) is 13.4. The van der Waals surface area contributed by atoms with E-state index in [1.54, 1.807) is 39.0 Å². The monoisotopic (exact) mass is 638 g/mol. The van der Waals surface area contributed by atoms with Gasteiger partial charge in [0, 0.05) is 24.4 Å². The molecule has 0 unspecified atom stereocenters. The van der Waals surface area contributed by atoms with Crippen LogP contribution in [0, 0.1) is 5.41 Å². The Morgan fingerprint density at radius 3 is 2.43 bits per heavy atom. The van der Waals surface area contributed by atoms with Crippen molar-refractivity contribution in [2.45, 2.75) is 91.2 Å². The lowest BCUT2D eigenvalue weighted by atomic mass is 9.77. The number of carbonyl (C=O) groups excluding carboxylic acids is 2. The number of benzene rings is 1. The van der Waals surface area contributed by atoms with E-state index in [2.05, 4.69) is 22.5 Å². The molecule has 1 spiro atoms. The molecular weight excluding hydrogens is 595 g/mol. The summed E-state index contributed by atoms with van der Waals surface area (Å²) in [5.41, 5.74) is 1.20. The van der Waals surface area contributed by atoms with Crippen LogP contribution in [0.1, 0.15) is 84.8 Å². The van der Waals surface area contributed by atoms with Crippen molar-refractivity contribution in [1.82, 2.24) is 15.3 Å².